The number of amides is 1. The Bertz CT molecular complexity index is 680. The molecule has 2 rings (SSSR count). The van der Waals surface area contributed by atoms with Crippen LogP contribution >= 0.6 is 0 Å². The van der Waals surface area contributed by atoms with Crippen molar-refractivity contribution in [3.05, 3.63) is 35.5 Å². The molecule has 0 unspecified atom stereocenters. The molecule has 104 valence electrons. The number of hydrogen-bond donors (Lipinski definition) is 1. The lowest BCUT2D eigenvalue weighted by atomic mass is 10.1. The predicted octanol–water partition coefficient (Wildman–Crippen LogP) is 2.68. The summed E-state index contributed by atoms with van der Waals surface area (Å²) in [5.74, 6) is -0.554. The van der Waals surface area contributed by atoms with Crippen molar-refractivity contribution in [2.24, 2.45) is 0 Å². The number of nitrogens with zero attached hydrogens (tertiary/aromatic N) is 1. The quantitative estimate of drug-likeness (QED) is 0.872. The number of anilines is 1. The topological polar surface area (TPSA) is 68.3 Å². The van der Waals surface area contributed by atoms with Gasteiger partial charge in [-0.1, -0.05) is 0 Å². The Kier molecular flexibility index (Phi) is 3.98. The number of carbonyl (C=O) groups is 2. The van der Waals surface area contributed by atoms with Gasteiger partial charge in [-0.25, -0.2) is 4.79 Å². The van der Waals surface area contributed by atoms with Gasteiger partial charge in [0.1, 0.15) is 0 Å². The van der Waals surface area contributed by atoms with Crippen molar-refractivity contribution >= 4 is 28.5 Å². The second kappa shape index (κ2) is 5.69. The number of benzene rings is 1. The Hall–Kier alpha value is -2.43. The van der Waals surface area contributed by atoms with Crippen LogP contribution in [0.25, 0.3) is 10.9 Å². The summed E-state index contributed by atoms with van der Waals surface area (Å²) >= 11 is 0. The van der Waals surface area contributed by atoms with Crippen LogP contribution in [0.15, 0.2) is 24.3 Å². The van der Waals surface area contributed by atoms with E-state index in [1.54, 1.807) is 31.2 Å². The fraction of sp³-hybridized carbons (Fsp3) is 0.267. The van der Waals surface area contributed by atoms with Gasteiger partial charge < -0.3 is 10.1 Å². The van der Waals surface area contributed by atoms with Gasteiger partial charge in [0.15, 0.2) is 0 Å². The maximum atomic E-state index is 11.8. The van der Waals surface area contributed by atoms with Gasteiger partial charge in [0.05, 0.1) is 23.4 Å². The van der Waals surface area contributed by atoms with Gasteiger partial charge in [-0.3, -0.25) is 9.78 Å². The van der Waals surface area contributed by atoms with Crippen molar-refractivity contribution in [3.63, 3.8) is 0 Å². The fourth-order valence-electron chi connectivity index (χ4n) is 1.99. The first-order chi connectivity index (χ1) is 9.51. The van der Waals surface area contributed by atoms with Crippen LogP contribution < -0.4 is 5.32 Å². The maximum Gasteiger partial charge on any atom is 0.338 e. The van der Waals surface area contributed by atoms with Crippen molar-refractivity contribution in [1.82, 2.24) is 4.98 Å². The predicted molar refractivity (Wildman–Crippen MR) is 76.7 cm³/mol. The minimum absolute atomic E-state index is 0.168. The lowest BCUT2D eigenvalue weighted by Gasteiger charge is -2.09. The van der Waals surface area contributed by atoms with Crippen molar-refractivity contribution < 1.29 is 14.3 Å². The molecule has 0 spiro atoms. The highest BCUT2D eigenvalue weighted by Crippen LogP contribution is 2.24. The fourth-order valence-corrected chi connectivity index (χ4v) is 1.99. The normalized spacial score (nSPS) is 10.3. The van der Waals surface area contributed by atoms with Gasteiger partial charge in [0.25, 0.3) is 0 Å². The van der Waals surface area contributed by atoms with Gasteiger partial charge in [0, 0.05) is 18.0 Å². The van der Waals surface area contributed by atoms with E-state index in [4.69, 9.17) is 4.74 Å². The number of pyridine rings is 1. The average molecular weight is 272 g/mol. The third kappa shape index (κ3) is 2.93. The number of carbonyl (C=O) groups excluding carboxylic acids is 2. The second-order valence-electron chi connectivity index (χ2n) is 4.44. The van der Waals surface area contributed by atoms with Gasteiger partial charge in [-0.2, -0.15) is 0 Å². The molecule has 0 bridgehead atoms. The molecule has 20 heavy (non-hydrogen) atoms. The molecule has 0 aliphatic rings. The Balaban J connectivity index is 2.56. The molecule has 1 aromatic carbocycles. The van der Waals surface area contributed by atoms with E-state index >= 15 is 0 Å². The summed E-state index contributed by atoms with van der Waals surface area (Å²) in [5.41, 5.74) is 2.61. The maximum absolute atomic E-state index is 11.8. The highest BCUT2D eigenvalue weighted by atomic mass is 16.5. The molecule has 0 aliphatic heterocycles. The minimum atomic E-state index is -0.385. The first-order valence-electron chi connectivity index (χ1n) is 6.37. The SMILES string of the molecule is CCOC(=O)c1ccc2nc(C)cc(NC(C)=O)c2c1. The smallest absolute Gasteiger partial charge is 0.338 e. The zero-order valence-electron chi connectivity index (χ0n) is 11.7. The first-order valence-corrected chi connectivity index (χ1v) is 6.37. The van der Waals surface area contributed by atoms with Gasteiger partial charge >= 0.3 is 5.97 Å². The number of aryl methyl sites for hydroxylation is 1. The molecular weight excluding hydrogens is 256 g/mol. The van der Waals surface area contributed by atoms with E-state index in [2.05, 4.69) is 10.3 Å². The summed E-state index contributed by atoms with van der Waals surface area (Å²) in [6.45, 7) is 5.37. The summed E-state index contributed by atoms with van der Waals surface area (Å²) in [7, 11) is 0. The molecule has 2 aromatic rings. The molecule has 0 fully saturated rings. The Labute approximate surface area is 117 Å². The van der Waals surface area contributed by atoms with Crippen LogP contribution in [0.2, 0.25) is 0 Å². The van der Waals surface area contributed by atoms with Crippen LogP contribution in [0.5, 0.6) is 0 Å². The molecule has 1 aromatic heterocycles. The van der Waals surface area contributed by atoms with E-state index in [1.165, 1.54) is 6.92 Å². The molecule has 0 saturated carbocycles. The van der Waals surface area contributed by atoms with E-state index in [-0.39, 0.29) is 11.9 Å². The van der Waals surface area contributed by atoms with Crippen LogP contribution in [0.1, 0.15) is 29.9 Å². The lowest BCUT2D eigenvalue weighted by molar-refractivity contribution is -0.114. The largest absolute Gasteiger partial charge is 0.462 e. The molecule has 0 radical (unpaired) electrons. The number of esters is 1. The Morgan fingerprint density at radius 2 is 2.05 bits per heavy atom. The summed E-state index contributed by atoms with van der Waals surface area (Å²) in [4.78, 5) is 27.4. The van der Waals surface area contributed by atoms with Crippen molar-refractivity contribution in [2.45, 2.75) is 20.8 Å². The molecule has 5 heteroatoms. The van der Waals surface area contributed by atoms with Crippen LogP contribution in [0, 0.1) is 6.92 Å². The summed E-state index contributed by atoms with van der Waals surface area (Å²) in [6.07, 6.45) is 0. The van der Waals surface area contributed by atoms with Crippen molar-refractivity contribution in [3.8, 4) is 0 Å². The molecular formula is C15H16N2O3. The van der Waals surface area contributed by atoms with Crippen molar-refractivity contribution in [1.29, 1.82) is 0 Å². The van der Waals surface area contributed by atoms with Gasteiger partial charge in [-0.05, 0) is 38.1 Å². The van der Waals surface area contributed by atoms with E-state index < -0.39 is 0 Å². The second-order valence-corrected chi connectivity index (χ2v) is 4.44. The lowest BCUT2D eigenvalue weighted by Crippen LogP contribution is -2.08. The zero-order chi connectivity index (χ0) is 14.7. The standard InChI is InChI=1S/C15H16N2O3/c1-4-20-15(19)11-5-6-13-12(8-11)14(17-10(3)18)7-9(2)16-13/h5-8H,4H2,1-3H3,(H,16,17,18). The molecule has 0 atom stereocenters. The monoisotopic (exact) mass is 272 g/mol. The molecule has 0 aliphatic carbocycles. The van der Waals surface area contributed by atoms with Crippen LogP contribution in [-0.2, 0) is 9.53 Å². The van der Waals surface area contributed by atoms with E-state index in [0.717, 1.165) is 16.6 Å². The van der Waals surface area contributed by atoms with E-state index in [9.17, 15) is 9.59 Å². The zero-order valence-corrected chi connectivity index (χ0v) is 11.7. The number of aromatic nitrogens is 1. The Morgan fingerprint density at radius 3 is 2.70 bits per heavy atom. The number of ether oxygens (including phenoxy) is 1. The van der Waals surface area contributed by atoms with Crippen molar-refractivity contribution in [2.75, 3.05) is 11.9 Å². The number of fused-ring (bicyclic) bond motifs is 1. The highest BCUT2D eigenvalue weighted by molar-refractivity contribution is 6.03. The van der Waals surface area contributed by atoms with E-state index in [1.807, 2.05) is 6.92 Å². The van der Waals surface area contributed by atoms with Gasteiger partial charge in [0.2, 0.25) is 5.91 Å². The summed E-state index contributed by atoms with van der Waals surface area (Å²) in [5, 5.41) is 3.47. The third-order valence-corrected chi connectivity index (χ3v) is 2.76. The van der Waals surface area contributed by atoms with Crippen LogP contribution in [0.3, 0.4) is 0 Å². The minimum Gasteiger partial charge on any atom is -0.462 e. The highest BCUT2D eigenvalue weighted by Gasteiger charge is 2.11. The average Bonchev–Trinajstić information content (AvgIpc) is 2.37. The third-order valence-electron chi connectivity index (χ3n) is 2.76. The molecule has 0 saturated heterocycles. The Morgan fingerprint density at radius 1 is 1.30 bits per heavy atom. The number of rotatable bonds is 3. The summed E-state index contributed by atoms with van der Waals surface area (Å²) < 4.78 is 4.97. The van der Waals surface area contributed by atoms with Gasteiger partial charge in [-0.15, -0.1) is 0 Å². The van der Waals surface area contributed by atoms with Crippen LogP contribution in [0.4, 0.5) is 5.69 Å². The molecule has 1 heterocycles. The molecule has 5 nitrogen and oxygen atoms in total. The molecule has 1 N–H and O–H groups in total. The number of nitrogens with one attached hydrogen (secondary N) is 1. The number of hydrogen-bond acceptors (Lipinski definition) is 4. The van der Waals surface area contributed by atoms with Crippen LogP contribution in [-0.4, -0.2) is 23.5 Å². The van der Waals surface area contributed by atoms with E-state index in [0.29, 0.717) is 17.9 Å². The first kappa shape index (κ1) is 14.0. The summed E-state index contributed by atoms with van der Waals surface area (Å²) in [6, 6.07) is 6.88. The molecule has 1 amide bonds.